The normalized spacial score (nSPS) is 9.65. The first-order valence-corrected chi connectivity index (χ1v) is 4.84. The number of oxime groups is 1. The predicted octanol–water partition coefficient (Wildman–Crippen LogP) is 1.39. The second-order valence-corrected chi connectivity index (χ2v) is 2.93. The summed E-state index contributed by atoms with van der Waals surface area (Å²) in [4.78, 5) is 15.2. The highest BCUT2D eigenvalue weighted by atomic mass is 16.7. The molecule has 0 radical (unpaired) electrons. The zero-order chi connectivity index (χ0) is 12.5. The van der Waals surface area contributed by atoms with Gasteiger partial charge < -0.3 is 10.1 Å². The van der Waals surface area contributed by atoms with Crippen molar-refractivity contribution in [1.29, 1.82) is 0 Å². The highest BCUT2D eigenvalue weighted by Crippen LogP contribution is 2.11. The van der Waals surface area contributed by atoms with Crippen LogP contribution in [0, 0.1) is 12.3 Å². The summed E-state index contributed by atoms with van der Waals surface area (Å²) in [7, 11) is 1.45. The lowest BCUT2D eigenvalue weighted by molar-refractivity contribution is 0.154. The van der Waals surface area contributed by atoms with Crippen LogP contribution in [0.15, 0.2) is 29.4 Å². The molecule has 1 rings (SSSR count). The summed E-state index contributed by atoms with van der Waals surface area (Å²) in [5.41, 5.74) is 0.739. The lowest BCUT2D eigenvalue weighted by Gasteiger charge is -2.02. The van der Waals surface area contributed by atoms with Crippen LogP contribution in [-0.2, 0) is 4.84 Å². The minimum absolute atomic E-state index is 0.204. The molecular formula is C12H12N2O3. The lowest BCUT2D eigenvalue weighted by atomic mass is 10.2. The summed E-state index contributed by atoms with van der Waals surface area (Å²) in [6.45, 7) is 0.204. The molecule has 0 aliphatic rings. The zero-order valence-electron chi connectivity index (χ0n) is 9.34. The Morgan fingerprint density at radius 3 is 3.18 bits per heavy atom. The molecule has 88 valence electrons. The van der Waals surface area contributed by atoms with Crippen molar-refractivity contribution in [3.05, 3.63) is 29.8 Å². The van der Waals surface area contributed by atoms with Crippen molar-refractivity contribution in [3.8, 4) is 18.1 Å². The van der Waals surface area contributed by atoms with Gasteiger partial charge in [0.25, 0.3) is 0 Å². The Kier molecular flexibility index (Phi) is 5.11. The average molecular weight is 232 g/mol. The van der Waals surface area contributed by atoms with Gasteiger partial charge >= 0.3 is 6.09 Å². The van der Waals surface area contributed by atoms with Gasteiger partial charge in [0, 0.05) is 7.05 Å². The van der Waals surface area contributed by atoms with Crippen LogP contribution in [0.5, 0.6) is 5.75 Å². The zero-order valence-corrected chi connectivity index (χ0v) is 9.34. The Bertz CT molecular complexity index is 449. The number of rotatable bonds is 4. The van der Waals surface area contributed by atoms with Crippen LogP contribution in [0.2, 0.25) is 0 Å². The fourth-order valence-corrected chi connectivity index (χ4v) is 0.990. The van der Waals surface area contributed by atoms with E-state index in [4.69, 9.17) is 11.2 Å². The summed E-state index contributed by atoms with van der Waals surface area (Å²) in [5.74, 6) is 3.00. The number of hydrogen-bond acceptors (Lipinski definition) is 4. The van der Waals surface area contributed by atoms with Crippen molar-refractivity contribution < 1.29 is 14.4 Å². The molecule has 5 heteroatoms. The van der Waals surface area contributed by atoms with E-state index >= 15 is 0 Å². The summed E-state index contributed by atoms with van der Waals surface area (Å²) < 4.78 is 5.23. The van der Waals surface area contributed by atoms with Crippen molar-refractivity contribution >= 4 is 12.3 Å². The minimum Gasteiger partial charge on any atom is -0.481 e. The standard InChI is InChI=1S/C12H12N2O3/c1-3-7-16-11-6-4-5-10(8-11)9-14-17-12(15)13-2/h1,4-6,8-9H,7H2,2H3,(H,13,15)/b14-9+. The third-order valence-electron chi connectivity index (χ3n) is 1.72. The fraction of sp³-hybridized carbons (Fsp3) is 0.167. The van der Waals surface area contributed by atoms with Crippen LogP contribution in [-0.4, -0.2) is 26.0 Å². The predicted molar refractivity (Wildman–Crippen MR) is 63.9 cm³/mol. The molecule has 0 heterocycles. The van der Waals surface area contributed by atoms with E-state index in [-0.39, 0.29) is 6.61 Å². The number of carbonyl (C=O) groups excluding carboxylic acids is 1. The number of benzene rings is 1. The van der Waals surface area contributed by atoms with Crippen LogP contribution in [0.25, 0.3) is 0 Å². The van der Waals surface area contributed by atoms with E-state index in [2.05, 4.69) is 21.2 Å². The Labute approximate surface area is 99.4 Å². The molecule has 0 unspecified atom stereocenters. The SMILES string of the molecule is C#CCOc1cccc(/C=N/OC(=O)NC)c1. The topological polar surface area (TPSA) is 59.9 Å². The van der Waals surface area contributed by atoms with Crippen LogP contribution in [0.3, 0.4) is 0 Å². The maximum atomic E-state index is 10.7. The van der Waals surface area contributed by atoms with E-state index in [0.29, 0.717) is 5.75 Å². The molecule has 0 spiro atoms. The van der Waals surface area contributed by atoms with Gasteiger partial charge in [-0.3, -0.25) is 4.84 Å². The van der Waals surface area contributed by atoms with E-state index in [9.17, 15) is 4.79 Å². The van der Waals surface area contributed by atoms with Crippen LogP contribution in [0.1, 0.15) is 5.56 Å². The number of nitrogens with one attached hydrogen (secondary N) is 1. The molecule has 0 fully saturated rings. The maximum Gasteiger partial charge on any atom is 0.433 e. The van der Waals surface area contributed by atoms with Gasteiger partial charge in [-0.25, -0.2) is 4.79 Å². The summed E-state index contributed by atoms with van der Waals surface area (Å²) in [6, 6.07) is 7.08. The van der Waals surface area contributed by atoms with Crippen molar-refractivity contribution in [2.75, 3.05) is 13.7 Å². The summed E-state index contributed by atoms with van der Waals surface area (Å²) in [5, 5.41) is 5.77. The Hall–Kier alpha value is -2.48. The monoisotopic (exact) mass is 232 g/mol. The van der Waals surface area contributed by atoms with E-state index in [0.717, 1.165) is 5.56 Å². The molecule has 5 nitrogen and oxygen atoms in total. The molecular weight excluding hydrogens is 220 g/mol. The van der Waals surface area contributed by atoms with Crippen LogP contribution >= 0.6 is 0 Å². The summed E-state index contributed by atoms with van der Waals surface area (Å²) in [6.07, 6.45) is 5.85. The molecule has 1 amide bonds. The number of carbonyl (C=O) groups is 1. The van der Waals surface area contributed by atoms with Crippen LogP contribution < -0.4 is 10.1 Å². The van der Waals surface area contributed by atoms with Crippen molar-refractivity contribution in [1.82, 2.24) is 5.32 Å². The second-order valence-electron chi connectivity index (χ2n) is 2.93. The fourth-order valence-electron chi connectivity index (χ4n) is 0.990. The molecule has 0 aromatic heterocycles. The molecule has 0 aliphatic heterocycles. The average Bonchev–Trinajstić information content (AvgIpc) is 2.36. The quantitative estimate of drug-likeness (QED) is 0.369. The van der Waals surface area contributed by atoms with E-state index in [1.54, 1.807) is 24.3 Å². The van der Waals surface area contributed by atoms with Crippen molar-refractivity contribution in [3.63, 3.8) is 0 Å². The molecule has 0 bridgehead atoms. The van der Waals surface area contributed by atoms with Gasteiger partial charge in [0.05, 0.1) is 6.21 Å². The molecule has 1 aromatic carbocycles. The molecule has 0 aliphatic carbocycles. The van der Waals surface area contributed by atoms with Gasteiger partial charge in [-0.1, -0.05) is 23.2 Å². The van der Waals surface area contributed by atoms with Crippen LogP contribution in [0.4, 0.5) is 4.79 Å². The van der Waals surface area contributed by atoms with Gasteiger partial charge in [-0.15, -0.1) is 6.42 Å². The van der Waals surface area contributed by atoms with Gasteiger partial charge in [0.2, 0.25) is 0 Å². The lowest BCUT2D eigenvalue weighted by Crippen LogP contribution is -2.16. The third kappa shape index (κ3) is 4.71. The number of terminal acetylenes is 1. The van der Waals surface area contributed by atoms with E-state index < -0.39 is 6.09 Å². The highest BCUT2D eigenvalue weighted by Gasteiger charge is 1.96. The first-order valence-electron chi connectivity index (χ1n) is 4.84. The smallest absolute Gasteiger partial charge is 0.433 e. The Morgan fingerprint density at radius 2 is 2.47 bits per heavy atom. The van der Waals surface area contributed by atoms with Crippen molar-refractivity contribution in [2.45, 2.75) is 0 Å². The molecule has 0 saturated heterocycles. The molecule has 1 N–H and O–H groups in total. The van der Waals surface area contributed by atoms with E-state index in [1.165, 1.54) is 13.3 Å². The number of ether oxygens (including phenoxy) is 1. The second kappa shape index (κ2) is 6.90. The molecule has 17 heavy (non-hydrogen) atoms. The van der Waals surface area contributed by atoms with E-state index in [1.807, 2.05) is 0 Å². The minimum atomic E-state index is -0.624. The first kappa shape index (κ1) is 12.6. The van der Waals surface area contributed by atoms with Gasteiger partial charge in [-0.05, 0) is 17.7 Å². The molecule has 0 saturated carbocycles. The largest absolute Gasteiger partial charge is 0.481 e. The molecule has 0 atom stereocenters. The number of nitrogens with zero attached hydrogens (tertiary/aromatic N) is 1. The first-order chi connectivity index (χ1) is 8.26. The van der Waals surface area contributed by atoms with Gasteiger partial charge in [-0.2, -0.15) is 0 Å². The summed E-state index contributed by atoms with van der Waals surface area (Å²) >= 11 is 0. The van der Waals surface area contributed by atoms with Crippen molar-refractivity contribution in [2.24, 2.45) is 5.16 Å². The van der Waals surface area contributed by atoms with Gasteiger partial charge in [0.1, 0.15) is 12.4 Å². The Balaban J connectivity index is 2.59. The molecule has 1 aromatic rings. The number of hydrogen-bond donors (Lipinski definition) is 1. The Morgan fingerprint density at radius 1 is 1.65 bits per heavy atom. The third-order valence-corrected chi connectivity index (χ3v) is 1.72. The highest BCUT2D eigenvalue weighted by molar-refractivity contribution is 5.80. The maximum absolute atomic E-state index is 10.7. The number of amides is 1. The van der Waals surface area contributed by atoms with Gasteiger partial charge in [0.15, 0.2) is 0 Å².